The van der Waals surface area contributed by atoms with Crippen LogP contribution in [0.15, 0.2) is 84.4 Å². The van der Waals surface area contributed by atoms with E-state index in [0.717, 1.165) is 11.1 Å². The fourth-order valence-corrected chi connectivity index (χ4v) is 3.20. The van der Waals surface area contributed by atoms with Crippen LogP contribution >= 0.6 is 0 Å². The van der Waals surface area contributed by atoms with E-state index in [4.69, 9.17) is 9.47 Å². The summed E-state index contributed by atoms with van der Waals surface area (Å²) in [7, 11) is 1.55. The lowest BCUT2D eigenvalue weighted by molar-refractivity contribution is -0.123. The minimum Gasteiger partial charge on any atom is -0.493 e. The molecule has 6 heteroatoms. The van der Waals surface area contributed by atoms with Crippen LogP contribution in [0.5, 0.6) is 11.5 Å². The van der Waals surface area contributed by atoms with E-state index in [1.807, 2.05) is 67.6 Å². The van der Waals surface area contributed by atoms with Crippen molar-refractivity contribution in [2.75, 3.05) is 13.7 Å². The quantitative estimate of drug-likeness (QED) is 0.280. The molecule has 3 rings (SSSR count). The zero-order valence-corrected chi connectivity index (χ0v) is 18.8. The molecule has 0 radical (unpaired) electrons. The highest BCUT2D eigenvalue weighted by Crippen LogP contribution is 2.29. The summed E-state index contributed by atoms with van der Waals surface area (Å²) in [6.07, 6.45) is 1.55. The highest BCUT2D eigenvalue weighted by atomic mass is 16.5. The molecular formula is C27H28N2O4. The molecule has 0 aliphatic heterocycles. The van der Waals surface area contributed by atoms with Crippen LogP contribution in [0.2, 0.25) is 0 Å². The van der Waals surface area contributed by atoms with Gasteiger partial charge < -0.3 is 20.1 Å². The number of amides is 2. The second-order valence-corrected chi connectivity index (χ2v) is 7.24. The Morgan fingerprint density at radius 3 is 1.82 bits per heavy atom. The van der Waals surface area contributed by atoms with Gasteiger partial charge >= 0.3 is 0 Å². The Labute approximate surface area is 194 Å². The van der Waals surface area contributed by atoms with Crippen LogP contribution in [0.25, 0.3) is 6.08 Å². The number of nitrogens with one attached hydrogen (secondary N) is 2. The molecule has 0 fully saturated rings. The number of methoxy groups -OCH3 is 1. The lowest BCUT2D eigenvalue weighted by Crippen LogP contribution is -2.34. The normalized spacial score (nSPS) is 10.1. The first-order valence-electron chi connectivity index (χ1n) is 10.8. The van der Waals surface area contributed by atoms with Gasteiger partial charge in [0.25, 0.3) is 11.8 Å². The van der Waals surface area contributed by atoms with Gasteiger partial charge in [-0.2, -0.15) is 0 Å². The number of rotatable bonds is 10. The maximum Gasteiger partial charge on any atom is 0.257 e. The summed E-state index contributed by atoms with van der Waals surface area (Å²) < 4.78 is 11.0. The van der Waals surface area contributed by atoms with Crippen molar-refractivity contribution in [1.82, 2.24) is 10.6 Å². The SMILES string of the molecule is CCOc1ccc(C=C(C(=O)NCc2ccccc2)C(=O)NCc2ccccc2)cc1OC. The molecule has 6 nitrogen and oxygen atoms in total. The van der Waals surface area contributed by atoms with Gasteiger partial charge in [0.2, 0.25) is 0 Å². The Kier molecular flexibility index (Phi) is 8.65. The van der Waals surface area contributed by atoms with Crippen LogP contribution in [0.4, 0.5) is 0 Å². The minimum absolute atomic E-state index is 0.00748. The average Bonchev–Trinajstić information content (AvgIpc) is 2.86. The van der Waals surface area contributed by atoms with Crippen molar-refractivity contribution < 1.29 is 19.1 Å². The summed E-state index contributed by atoms with van der Waals surface area (Å²) in [6.45, 7) is 3.02. The molecule has 0 aliphatic carbocycles. The van der Waals surface area contributed by atoms with Crippen LogP contribution < -0.4 is 20.1 Å². The molecular weight excluding hydrogens is 416 g/mol. The first-order chi connectivity index (χ1) is 16.1. The molecule has 3 aromatic rings. The van der Waals surface area contributed by atoms with Crippen molar-refractivity contribution in [3.8, 4) is 11.5 Å². The van der Waals surface area contributed by atoms with Crippen LogP contribution in [-0.4, -0.2) is 25.5 Å². The van der Waals surface area contributed by atoms with Crippen LogP contribution in [0, 0.1) is 0 Å². The molecule has 33 heavy (non-hydrogen) atoms. The topological polar surface area (TPSA) is 76.7 Å². The van der Waals surface area contributed by atoms with Crippen LogP contribution in [-0.2, 0) is 22.7 Å². The summed E-state index contributed by atoms with van der Waals surface area (Å²) >= 11 is 0. The monoisotopic (exact) mass is 444 g/mol. The second kappa shape index (κ2) is 12.1. The Bertz CT molecular complexity index is 1040. The zero-order valence-electron chi connectivity index (χ0n) is 18.8. The largest absolute Gasteiger partial charge is 0.493 e. The predicted octanol–water partition coefficient (Wildman–Crippen LogP) is 4.11. The molecule has 2 N–H and O–H groups in total. The number of hydrogen-bond donors (Lipinski definition) is 2. The fourth-order valence-electron chi connectivity index (χ4n) is 3.20. The van der Waals surface area contributed by atoms with Gasteiger partial charge in [0.15, 0.2) is 11.5 Å². The molecule has 0 aromatic heterocycles. The van der Waals surface area contributed by atoms with E-state index in [0.29, 0.717) is 36.8 Å². The molecule has 0 aliphatic rings. The van der Waals surface area contributed by atoms with Crippen molar-refractivity contribution in [3.63, 3.8) is 0 Å². The zero-order chi connectivity index (χ0) is 23.5. The molecule has 0 saturated carbocycles. The van der Waals surface area contributed by atoms with Gasteiger partial charge in [-0.25, -0.2) is 0 Å². The highest BCUT2D eigenvalue weighted by molar-refractivity contribution is 6.21. The Hall–Kier alpha value is -4.06. The van der Waals surface area contributed by atoms with Crippen molar-refractivity contribution >= 4 is 17.9 Å². The molecule has 0 unspecified atom stereocenters. The van der Waals surface area contributed by atoms with E-state index in [1.54, 1.807) is 31.4 Å². The number of benzene rings is 3. The first kappa shape index (κ1) is 23.6. The Balaban J connectivity index is 1.83. The molecule has 0 spiro atoms. The fraction of sp³-hybridized carbons (Fsp3) is 0.185. The van der Waals surface area contributed by atoms with Gasteiger partial charge in [0.1, 0.15) is 5.57 Å². The van der Waals surface area contributed by atoms with Crippen LogP contribution in [0.3, 0.4) is 0 Å². The number of carbonyl (C=O) groups is 2. The number of carbonyl (C=O) groups excluding carboxylic acids is 2. The molecule has 0 saturated heterocycles. The summed E-state index contributed by atoms with van der Waals surface area (Å²) in [5.41, 5.74) is 2.54. The Morgan fingerprint density at radius 2 is 1.33 bits per heavy atom. The smallest absolute Gasteiger partial charge is 0.257 e. The lowest BCUT2D eigenvalue weighted by atomic mass is 10.1. The maximum atomic E-state index is 13.0. The molecule has 2 amide bonds. The third kappa shape index (κ3) is 6.97. The molecule has 0 heterocycles. The lowest BCUT2D eigenvalue weighted by Gasteiger charge is -2.12. The van der Waals surface area contributed by atoms with E-state index >= 15 is 0 Å². The van der Waals surface area contributed by atoms with E-state index in [-0.39, 0.29) is 5.57 Å². The molecule has 170 valence electrons. The predicted molar refractivity (Wildman–Crippen MR) is 129 cm³/mol. The van der Waals surface area contributed by atoms with Gasteiger partial charge in [-0.1, -0.05) is 66.7 Å². The first-order valence-corrected chi connectivity index (χ1v) is 10.8. The Morgan fingerprint density at radius 1 is 0.788 bits per heavy atom. The number of hydrogen-bond acceptors (Lipinski definition) is 4. The standard InChI is InChI=1S/C27H28N2O4/c1-3-33-24-15-14-22(17-25(24)32-2)16-23(26(30)28-18-20-10-6-4-7-11-20)27(31)29-19-21-12-8-5-9-13-21/h4-17H,3,18-19H2,1-2H3,(H,28,30)(H,29,31). The third-order valence-corrected chi connectivity index (χ3v) is 4.88. The van der Waals surface area contributed by atoms with Crippen molar-refractivity contribution in [1.29, 1.82) is 0 Å². The van der Waals surface area contributed by atoms with Crippen LogP contribution in [0.1, 0.15) is 23.6 Å². The van der Waals surface area contributed by atoms with E-state index < -0.39 is 11.8 Å². The van der Waals surface area contributed by atoms with Gasteiger partial charge in [0.05, 0.1) is 13.7 Å². The third-order valence-electron chi connectivity index (χ3n) is 4.88. The van der Waals surface area contributed by atoms with Crippen molar-refractivity contribution in [2.24, 2.45) is 0 Å². The summed E-state index contributed by atoms with van der Waals surface area (Å²) in [4.78, 5) is 26.0. The maximum absolute atomic E-state index is 13.0. The summed E-state index contributed by atoms with van der Waals surface area (Å²) in [5, 5.41) is 5.67. The second-order valence-electron chi connectivity index (χ2n) is 7.24. The van der Waals surface area contributed by atoms with Crippen molar-refractivity contribution in [3.05, 3.63) is 101 Å². The van der Waals surface area contributed by atoms with E-state index in [9.17, 15) is 9.59 Å². The van der Waals surface area contributed by atoms with E-state index in [2.05, 4.69) is 10.6 Å². The van der Waals surface area contributed by atoms with Gasteiger partial charge in [0, 0.05) is 13.1 Å². The van der Waals surface area contributed by atoms with Gasteiger partial charge in [-0.15, -0.1) is 0 Å². The molecule has 0 atom stereocenters. The number of ether oxygens (including phenoxy) is 2. The highest BCUT2D eigenvalue weighted by Gasteiger charge is 2.19. The van der Waals surface area contributed by atoms with Gasteiger partial charge in [-0.05, 0) is 41.8 Å². The summed E-state index contributed by atoms with van der Waals surface area (Å²) in [5.74, 6) is 0.203. The average molecular weight is 445 g/mol. The van der Waals surface area contributed by atoms with E-state index in [1.165, 1.54) is 0 Å². The summed E-state index contributed by atoms with van der Waals surface area (Å²) in [6, 6.07) is 24.3. The van der Waals surface area contributed by atoms with Crippen molar-refractivity contribution in [2.45, 2.75) is 20.0 Å². The van der Waals surface area contributed by atoms with Gasteiger partial charge in [-0.3, -0.25) is 9.59 Å². The molecule has 0 bridgehead atoms. The minimum atomic E-state index is -0.461. The molecule has 3 aromatic carbocycles.